The number of fused-ring (bicyclic) bond motifs is 1. The summed E-state index contributed by atoms with van der Waals surface area (Å²) in [7, 11) is 0. The summed E-state index contributed by atoms with van der Waals surface area (Å²) >= 11 is 0. The van der Waals surface area contributed by atoms with E-state index in [1.54, 1.807) is 6.20 Å². The third-order valence-electron chi connectivity index (χ3n) is 4.95. The van der Waals surface area contributed by atoms with Crippen molar-refractivity contribution < 1.29 is 4.79 Å². The van der Waals surface area contributed by atoms with Crippen LogP contribution < -0.4 is 0 Å². The number of aryl methyl sites for hydroxylation is 2. The topological polar surface area (TPSA) is 34.9 Å². The molecule has 4 rings (SSSR count). The van der Waals surface area contributed by atoms with Gasteiger partial charge >= 0.3 is 0 Å². The number of Topliss-reactive ketones (excluding diaryl/α,β-unsaturated/α-hetero) is 1. The van der Waals surface area contributed by atoms with Crippen molar-refractivity contribution in [1.29, 1.82) is 0 Å². The molecule has 120 valence electrons. The van der Waals surface area contributed by atoms with E-state index >= 15 is 0 Å². The van der Waals surface area contributed by atoms with Crippen LogP contribution in [-0.4, -0.2) is 15.6 Å². The first-order chi connectivity index (χ1) is 11.6. The summed E-state index contributed by atoms with van der Waals surface area (Å²) in [4.78, 5) is 12.6. The first-order valence-corrected chi connectivity index (χ1v) is 8.36. The van der Waals surface area contributed by atoms with Gasteiger partial charge in [0, 0.05) is 6.42 Å². The molecular weight excluding hydrogens is 296 g/mol. The van der Waals surface area contributed by atoms with Gasteiger partial charge in [-0.1, -0.05) is 42.0 Å². The van der Waals surface area contributed by atoms with Crippen LogP contribution in [0.25, 0.3) is 5.69 Å². The molecule has 1 aromatic heterocycles. The van der Waals surface area contributed by atoms with Gasteiger partial charge in [-0.2, -0.15) is 5.10 Å². The zero-order chi connectivity index (χ0) is 16.7. The summed E-state index contributed by atoms with van der Waals surface area (Å²) in [5.74, 6) is 0.426. The molecule has 24 heavy (non-hydrogen) atoms. The van der Waals surface area contributed by atoms with E-state index in [-0.39, 0.29) is 11.7 Å². The van der Waals surface area contributed by atoms with Gasteiger partial charge in [-0.25, -0.2) is 4.68 Å². The van der Waals surface area contributed by atoms with Gasteiger partial charge in [0.15, 0.2) is 5.78 Å². The third-order valence-corrected chi connectivity index (χ3v) is 4.95. The molecule has 0 unspecified atom stereocenters. The molecule has 1 atom stereocenters. The van der Waals surface area contributed by atoms with E-state index in [9.17, 15) is 4.79 Å². The number of hydrogen-bond acceptors (Lipinski definition) is 2. The predicted molar refractivity (Wildman–Crippen MR) is 94.9 cm³/mol. The second kappa shape index (κ2) is 5.75. The summed E-state index contributed by atoms with van der Waals surface area (Å²) in [6.45, 7) is 4.19. The number of aromatic nitrogens is 2. The maximum Gasteiger partial charge on any atom is 0.166 e. The molecule has 0 fully saturated rings. The summed E-state index contributed by atoms with van der Waals surface area (Å²) in [6.07, 6.45) is 3.14. The van der Waals surface area contributed by atoms with E-state index in [4.69, 9.17) is 0 Å². The Kier molecular flexibility index (Phi) is 3.57. The molecule has 0 amide bonds. The SMILES string of the molecule is Cc1ccc(-n2ncc3c2C[C@@H](c2ccccc2C)CC3=O)cc1. The van der Waals surface area contributed by atoms with E-state index in [0.717, 1.165) is 23.4 Å². The highest BCUT2D eigenvalue weighted by atomic mass is 16.1. The van der Waals surface area contributed by atoms with Gasteiger partial charge in [0.25, 0.3) is 0 Å². The second-order valence-corrected chi connectivity index (χ2v) is 6.64. The van der Waals surface area contributed by atoms with Crippen LogP contribution in [-0.2, 0) is 6.42 Å². The molecule has 0 radical (unpaired) electrons. The maximum absolute atomic E-state index is 12.6. The highest BCUT2D eigenvalue weighted by Crippen LogP contribution is 2.34. The lowest BCUT2D eigenvalue weighted by molar-refractivity contribution is 0.0963. The molecule has 0 N–H and O–H groups in total. The lowest BCUT2D eigenvalue weighted by atomic mass is 9.81. The Bertz CT molecular complexity index is 906. The standard InChI is InChI=1S/C21H20N2O/c1-14-7-9-17(10-8-14)23-20-11-16(12-21(24)19(20)13-22-23)18-6-4-3-5-15(18)2/h3-10,13,16H,11-12H2,1-2H3/t16-/m1/s1. The van der Waals surface area contributed by atoms with Crippen LogP contribution in [0.2, 0.25) is 0 Å². The Labute approximate surface area is 141 Å². The zero-order valence-electron chi connectivity index (χ0n) is 14.0. The minimum atomic E-state index is 0.197. The molecule has 0 saturated heterocycles. The number of hydrogen-bond donors (Lipinski definition) is 0. The second-order valence-electron chi connectivity index (χ2n) is 6.64. The van der Waals surface area contributed by atoms with Crippen LogP contribution in [0.4, 0.5) is 0 Å². The molecule has 1 heterocycles. The lowest BCUT2D eigenvalue weighted by Crippen LogP contribution is -2.20. The van der Waals surface area contributed by atoms with Gasteiger partial charge in [0.1, 0.15) is 0 Å². The highest BCUT2D eigenvalue weighted by molar-refractivity contribution is 5.98. The number of nitrogens with zero attached hydrogens (tertiary/aromatic N) is 2. The number of ketones is 1. The fourth-order valence-electron chi connectivity index (χ4n) is 3.62. The molecule has 1 aliphatic rings. The van der Waals surface area contributed by atoms with E-state index in [1.807, 2.05) is 10.7 Å². The van der Waals surface area contributed by atoms with Crippen molar-refractivity contribution in [2.45, 2.75) is 32.6 Å². The Balaban J connectivity index is 1.76. The van der Waals surface area contributed by atoms with Crippen molar-refractivity contribution in [3.8, 4) is 5.69 Å². The smallest absolute Gasteiger partial charge is 0.166 e. The van der Waals surface area contributed by atoms with Gasteiger partial charge < -0.3 is 0 Å². The van der Waals surface area contributed by atoms with Crippen LogP contribution in [0.3, 0.4) is 0 Å². The van der Waals surface area contributed by atoms with E-state index in [0.29, 0.717) is 6.42 Å². The summed E-state index contributed by atoms with van der Waals surface area (Å²) < 4.78 is 1.93. The first kappa shape index (κ1) is 14.9. The van der Waals surface area contributed by atoms with Gasteiger partial charge in [-0.05, 0) is 49.4 Å². The first-order valence-electron chi connectivity index (χ1n) is 8.36. The van der Waals surface area contributed by atoms with Crippen LogP contribution in [0.1, 0.15) is 45.1 Å². The summed E-state index contributed by atoms with van der Waals surface area (Å²) in [6, 6.07) is 16.6. The molecule has 0 aliphatic heterocycles. The lowest BCUT2D eigenvalue weighted by Gasteiger charge is -2.24. The zero-order valence-corrected chi connectivity index (χ0v) is 14.0. The largest absolute Gasteiger partial charge is 0.294 e. The van der Waals surface area contributed by atoms with E-state index < -0.39 is 0 Å². The molecule has 0 spiro atoms. The maximum atomic E-state index is 12.6. The van der Waals surface area contributed by atoms with Gasteiger partial charge in [0.2, 0.25) is 0 Å². The quantitative estimate of drug-likeness (QED) is 0.702. The predicted octanol–water partition coefficient (Wildman–Crippen LogP) is 4.40. The van der Waals surface area contributed by atoms with Crippen LogP contribution in [0, 0.1) is 13.8 Å². The molecule has 3 nitrogen and oxygen atoms in total. The molecule has 1 aliphatic carbocycles. The van der Waals surface area contributed by atoms with Crippen molar-refractivity contribution in [2.75, 3.05) is 0 Å². The number of benzene rings is 2. The average Bonchev–Trinajstić information content (AvgIpc) is 3.00. The van der Waals surface area contributed by atoms with Gasteiger partial charge in [-0.3, -0.25) is 4.79 Å². The van der Waals surface area contributed by atoms with Crippen molar-refractivity contribution in [3.05, 3.63) is 82.7 Å². The molecule has 3 aromatic rings. The Hall–Kier alpha value is -2.68. The summed E-state index contributed by atoms with van der Waals surface area (Å²) in [5, 5.41) is 4.49. The van der Waals surface area contributed by atoms with Crippen LogP contribution >= 0.6 is 0 Å². The minimum absolute atomic E-state index is 0.197. The molecular formula is C21H20N2O. The molecule has 0 bridgehead atoms. The number of carbonyl (C=O) groups excluding carboxylic acids is 1. The van der Waals surface area contributed by atoms with Crippen molar-refractivity contribution in [2.24, 2.45) is 0 Å². The normalized spacial score (nSPS) is 16.9. The van der Waals surface area contributed by atoms with Crippen molar-refractivity contribution in [3.63, 3.8) is 0 Å². The molecule has 3 heteroatoms. The fraction of sp³-hybridized carbons (Fsp3) is 0.238. The number of rotatable bonds is 2. The van der Waals surface area contributed by atoms with Crippen LogP contribution in [0.15, 0.2) is 54.7 Å². The van der Waals surface area contributed by atoms with Crippen molar-refractivity contribution >= 4 is 5.78 Å². The monoisotopic (exact) mass is 316 g/mol. The Morgan fingerprint density at radius 2 is 1.75 bits per heavy atom. The van der Waals surface area contributed by atoms with Gasteiger partial charge in [0.05, 0.1) is 23.1 Å². The molecule has 0 saturated carbocycles. The average molecular weight is 316 g/mol. The molecule has 2 aromatic carbocycles. The van der Waals surface area contributed by atoms with Crippen molar-refractivity contribution in [1.82, 2.24) is 9.78 Å². The minimum Gasteiger partial charge on any atom is -0.294 e. The van der Waals surface area contributed by atoms with E-state index in [2.05, 4.69) is 61.4 Å². The highest BCUT2D eigenvalue weighted by Gasteiger charge is 2.30. The van der Waals surface area contributed by atoms with Crippen LogP contribution in [0.5, 0.6) is 0 Å². The number of carbonyl (C=O) groups is 1. The Morgan fingerprint density at radius 1 is 1.00 bits per heavy atom. The summed E-state index contributed by atoms with van der Waals surface area (Å²) in [5.41, 5.74) is 6.56. The fourth-order valence-corrected chi connectivity index (χ4v) is 3.62. The third kappa shape index (κ3) is 2.46. The van der Waals surface area contributed by atoms with E-state index in [1.165, 1.54) is 16.7 Å². The van der Waals surface area contributed by atoms with Gasteiger partial charge in [-0.15, -0.1) is 0 Å². The Morgan fingerprint density at radius 3 is 2.50 bits per heavy atom.